The summed E-state index contributed by atoms with van der Waals surface area (Å²) in [6.07, 6.45) is 4.24. The molecule has 1 aliphatic rings. The first kappa shape index (κ1) is 19.9. The number of halogens is 1. The fourth-order valence-corrected chi connectivity index (χ4v) is 2.99. The molecule has 1 atom stereocenters. The van der Waals surface area contributed by atoms with E-state index in [0.29, 0.717) is 17.4 Å². The molecule has 0 radical (unpaired) electrons. The number of nitrogens with one attached hydrogen (secondary N) is 1. The first-order valence-electron chi connectivity index (χ1n) is 9.84. The van der Waals surface area contributed by atoms with Crippen molar-refractivity contribution in [2.75, 3.05) is 13.2 Å². The van der Waals surface area contributed by atoms with Crippen LogP contribution in [0, 0.1) is 11.7 Å². The number of hydrogen-bond donors (Lipinski definition) is 1. The Bertz CT molecular complexity index is 1080. The molecule has 1 heterocycles. The Hall–Kier alpha value is -3.42. The van der Waals surface area contributed by atoms with Crippen LogP contribution in [0.3, 0.4) is 0 Å². The van der Waals surface area contributed by atoms with Gasteiger partial charge in [-0.1, -0.05) is 0 Å². The molecule has 1 N–H and O–H groups in total. The fraction of sp³-hybridized carbons (Fsp3) is 0.318. The molecule has 1 saturated carbocycles. The maximum absolute atomic E-state index is 14.7. The Labute approximate surface area is 173 Å². The van der Waals surface area contributed by atoms with E-state index in [-0.39, 0.29) is 12.6 Å². The highest BCUT2D eigenvalue weighted by Gasteiger charge is 2.22. The first-order chi connectivity index (χ1) is 14.5. The van der Waals surface area contributed by atoms with Crippen molar-refractivity contribution >= 4 is 23.7 Å². The van der Waals surface area contributed by atoms with E-state index < -0.39 is 11.8 Å². The Kier molecular flexibility index (Phi) is 5.65. The van der Waals surface area contributed by atoms with Gasteiger partial charge in [0.1, 0.15) is 23.8 Å². The number of hydrogen-bond acceptors (Lipinski definition) is 4. The van der Waals surface area contributed by atoms with Crippen LogP contribution >= 0.6 is 0 Å². The second-order valence-electron chi connectivity index (χ2n) is 7.48. The van der Waals surface area contributed by atoms with Crippen LogP contribution < -0.4 is 14.8 Å². The number of fused-ring (bicyclic) bond motifs is 1. The number of rotatable bonds is 8. The van der Waals surface area contributed by atoms with Crippen molar-refractivity contribution in [1.82, 2.24) is 15.1 Å². The van der Waals surface area contributed by atoms with Gasteiger partial charge in [0.15, 0.2) is 5.82 Å². The number of ether oxygens (including phenoxy) is 2. The van der Waals surface area contributed by atoms with E-state index in [9.17, 15) is 9.18 Å². The minimum atomic E-state index is -0.528. The topological polar surface area (TPSA) is 77.7 Å². The predicted octanol–water partition coefficient (Wildman–Crippen LogP) is 4.13. The second kappa shape index (κ2) is 8.52. The van der Waals surface area contributed by atoms with E-state index in [1.807, 2.05) is 18.2 Å². The predicted molar refractivity (Wildman–Crippen MR) is 112 cm³/mol. The van der Waals surface area contributed by atoms with Gasteiger partial charge < -0.3 is 14.8 Å². The van der Waals surface area contributed by atoms with Gasteiger partial charge in [-0.05, 0) is 56.7 Å². The number of urea groups is 1. The zero-order valence-electron chi connectivity index (χ0n) is 16.7. The number of carbonyl (C=O) groups is 1. The van der Waals surface area contributed by atoms with Crippen LogP contribution in [0.1, 0.15) is 19.8 Å². The molecule has 8 heteroatoms. The largest absolute Gasteiger partial charge is 0.493 e. The summed E-state index contributed by atoms with van der Waals surface area (Å²) in [5.41, 5.74) is 1.06. The third kappa shape index (κ3) is 4.76. The molecule has 1 fully saturated rings. The smallest absolute Gasteiger partial charge is 0.340 e. The van der Waals surface area contributed by atoms with Gasteiger partial charge in [0.05, 0.1) is 18.2 Å². The van der Waals surface area contributed by atoms with Gasteiger partial charge in [-0.15, -0.1) is 0 Å². The second-order valence-corrected chi connectivity index (χ2v) is 7.48. The van der Waals surface area contributed by atoms with Crippen molar-refractivity contribution in [3.8, 4) is 17.2 Å². The summed E-state index contributed by atoms with van der Waals surface area (Å²) in [5.74, 6) is 1.34. The van der Waals surface area contributed by atoms with Crippen LogP contribution in [0.2, 0.25) is 0 Å². The highest BCUT2D eigenvalue weighted by Crippen LogP contribution is 2.30. The van der Waals surface area contributed by atoms with Crippen molar-refractivity contribution in [2.24, 2.45) is 10.9 Å². The zero-order chi connectivity index (χ0) is 21.1. The quantitative estimate of drug-likeness (QED) is 0.567. The molecule has 0 bridgehead atoms. The van der Waals surface area contributed by atoms with Crippen LogP contribution in [0.25, 0.3) is 16.6 Å². The van der Waals surface area contributed by atoms with Gasteiger partial charge in [0.25, 0.3) is 0 Å². The summed E-state index contributed by atoms with van der Waals surface area (Å²) in [7, 11) is 0. The zero-order valence-corrected chi connectivity index (χ0v) is 16.7. The molecule has 0 saturated heterocycles. The minimum Gasteiger partial charge on any atom is -0.493 e. The number of aliphatic imine (C=N–C) groups is 1. The summed E-state index contributed by atoms with van der Waals surface area (Å²) < 4.78 is 27.5. The molecule has 1 aliphatic carbocycles. The molecule has 0 spiro atoms. The SMILES string of the molecule is C=NC(=O)N[C@@H](C)COc1ccc(-n2cc3ccc(OCC4CC4)cc3n2)c(F)c1. The normalized spacial score (nSPS) is 14.3. The van der Waals surface area contributed by atoms with Gasteiger partial charge in [-0.2, -0.15) is 5.10 Å². The molecular formula is C22H23FN4O3. The van der Waals surface area contributed by atoms with Gasteiger partial charge in [0, 0.05) is 23.7 Å². The van der Waals surface area contributed by atoms with Crippen LogP contribution in [0.15, 0.2) is 47.6 Å². The molecule has 4 rings (SSSR count). The highest BCUT2D eigenvalue weighted by molar-refractivity contribution is 5.80. The van der Waals surface area contributed by atoms with Gasteiger partial charge in [0.2, 0.25) is 0 Å². The number of amides is 2. The average molecular weight is 410 g/mol. The third-order valence-electron chi connectivity index (χ3n) is 4.84. The summed E-state index contributed by atoms with van der Waals surface area (Å²) in [6, 6.07) is 9.45. The van der Waals surface area contributed by atoms with E-state index in [1.165, 1.54) is 23.6 Å². The van der Waals surface area contributed by atoms with Gasteiger partial charge in [-0.3, -0.25) is 0 Å². The van der Waals surface area contributed by atoms with Crippen molar-refractivity contribution in [1.29, 1.82) is 0 Å². The van der Waals surface area contributed by atoms with Crippen molar-refractivity contribution in [3.05, 3.63) is 48.4 Å². The molecule has 0 aliphatic heterocycles. The lowest BCUT2D eigenvalue weighted by Crippen LogP contribution is -2.34. The van der Waals surface area contributed by atoms with Gasteiger partial charge in [-0.25, -0.2) is 18.9 Å². The Balaban J connectivity index is 1.44. The first-order valence-corrected chi connectivity index (χ1v) is 9.84. The number of aromatic nitrogens is 2. The van der Waals surface area contributed by atoms with Crippen LogP contribution in [0.5, 0.6) is 11.5 Å². The van der Waals surface area contributed by atoms with Crippen molar-refractivity contribution in [2.45, 2.75) is 25.8 Å². The van der Waals surface area contributed by atoms with E-state index in [4.69, 9.17) is 9.47 Å². The lowest BCUT2D eigenvalue weighted by atomic mass is 10.2. The molecule has 2 aromatic carbocycles. The molecule has 2 amide bonds. The fourth-order valence-electron chi connectivity index (χ4n) is 2.99. The lowest BCUT2D eigenvalue weighted by Gasteiger charge is -2.14. The molecule has 7 nitrogen and oxygen atoms in total. The van der Waals surface area contributed by atoms with Crippen molar-refractivity contribution < 1.29 is 18.7 Å². The lowest BCUT2D eigenvalue weighted by molar-refractivity contribution is 0.234. The van der Waals surface area contributed by atoms with Crippen LogP contribution in [0.4, 0.5) is 9.18 Å². The van der Waals surface area contributed by atoms with Gasteiger partial charge >= 0.3 is 6.03 Å². The van der Waals surface area contributed by atoms with E-state index in [0.717, 1.165) is 23.3 Å². The van der Waals surface area contributed by atoms with Crippen LogP contribution in [-0.4, -0.2) is 41.8 Å². The molecule has 30 heavy (non-hydrogen) atoms. The molecular weight excluding hydrogens is 387 g/mol. The van der Waals surface area contributed by atoms with E-state index in [2.05, 4.69) is 22.1 Å². The maximum atomic E-state index is 14.7. The molecule has 0 unspecified atom stereocenters. The summed E-state index contributed by atoms with van der Waals surface area (Å²) in [6.45, 7) is 5.82. The third-order valence-corrected chi connectivity index (χ3v) is 4.84. The highest BCUT2D eigenvalue weighted by atomic mass is 19.1. The van der Waals surface area contributed by atoms with E-state index >= 15 is 0 Å². The molecule has 3 aromatic rings. The van der Waals surface area contributed by atoms with E-state index in [1.54, 1.807) is 25.3 Å². The Morgan fingerprint density at radius 1 is 1.30 bits per heavy atom. The molecule has 156 valence electrons. The maximum Gasteiger partial charge on any atom is 0.340 e. The van der Waals surface area contributed by atoms with Crippen LogP contribution in [-0.2, 0) is 0 Å². The average Bonchev–Trinajstić information content (AvgIpc) is 3.47. The number of nitrogens with zero attached hydrogens (tertiary/aromatic N) is 3. The number of carbonyl (C=O) groups excluding carboxylic acids is 1. The Morgan fingerprint density at radius 2 is 2.07 bits per heavy atom. The minimum absolute atomic E-state index is 0.176. The summed E-state index contributed by atoms with van der Waals surface area (Å²) in [5, 5.41) is 7.96. The standard InChI is InChI=1S/C22H23FN4O3/c1-14(25-22(28)24-2)12-29-17-7-8-21(19(23)9-17)27-11-16-5-6-18(10-20(16)26-27)30-13-15-3-4-15/h5-11,14-15H,2-4,12-13H2,1H3,(H,25,28)/t14-/m0/s1. The summed E-state index contributed by atoms with van der Waals surface area (Å²) >= 11 is 0. The monoisotopic (exact) mass is 410 g/mol. The number of benzene rings is 2. The molecule has 1 aromatic heterocycles. The summed E-state index contributed by atoms with van der Waals surface area (Å²) in [4.78, 5) is 14.4. The van der Waals surface area contributed by atoms with Crippen molar-refractivity contribution in [3.63, 3.8) is 0 Å². The Morgan fingerprint density at radius 3 is 2.80 bits per heavy atom.